The van der Waals surface area contributed by atoms with Crippen LogP contribution in [-0.2, 0) is 20.9 Å². The largest absolute Gasteiger partial charge is 0.507 e. The Labute approximate surface area is 237 Å². The van der Waals surface area contributed by atoms with Crippen LogP contribution in [0.4, 0.5) is 5.69 Å². The number of ether oxygens (including phenoxy) is 2. The summed E-state index contributed by atoms with van der Waals surface area (Å²) in [5.41, 5.74) is 2.41. The first-order valence-electron chi connectivity index (χ1n) is 13.4. The lowest BCUT2D eigenvalue weighted by molar-refractivity contribution is -0.384. The second-order valence-corrected chi connectivity index (χ2v) is 10.0. The third kappa shape index (κ3) is 6.13. The fourth-order valence-corrected chi connectivity index (χ4v) is 5.19. The maximum atomic E-state index is 13.4. The van der Waals surface area contributed by atoms with Crippen LogP contribution < -0.4 is 4.74 Å². The van der Waals surface area contributed by atoms with E-state index in [9.17, 15) is 24.8 Å². The Morgan fingerprint density at radius 1 is 1.02 bits per heavy atom. The van der Waals surface area contributed by atoms with Gasteiger partial charge >= 0.3 is 0 Å². The molecule has 0 saturated carbocycles. The van der Waals surface area contributed by atoms with Crippen LogP contribution in [0.5, 0.6) is 5.75 Å². The van der Waals surface area contributed by atoms with E-state index in [-0.39, 0.29) is 23.6 Å². The van der Waals surface area contributed by atoms with E-state index < -0.39 is 22.7 Å². The van der Waals surface area contributed by atoms with Crippen molar-refractivity contribution in [3.05, 3.63) is 111 Å². The van der Waals surface area contributed by atoms with Gasteiger partial charge in [0.15, 0.2) is 0 Å². The van der Waals surface area contributed by atoms with E-state index in [0.717, 1.165) is 5.56 Å². The molecule has 0 aliphatic carbocycles. The Balaban J connectivity index is 1.47. The molecule has 1 unspecified atom stereocenters. The zero-order chi connectivity index (χ0) is 28.9. The Morgan fingerprint density at radius 3 is 2.39 bits per heavy atom. The summed E-state index contributed by atoms with van der Waals surface area (Å²) in [6, 6.07) is 19.7. The molecule has 41 heavy (non-hydrogen) atoms. The molecule has 2 aliphatic heterocycles. The Morgan fingerprint density at radius 2 is 1.73 bits per heavy atom. The summed E-state index contributed by atoms with van der Waals surface area (Å²) in [7, 11) is 0. The number of likely N-dealkylation sites (tertiary alicyclic amines) is 1. The predicted octanol–water partition coefficient (Wildman–Crippen LogP) is 4.24. The summed E-state index contributed by atoms with van der Waals surface area (Å²) in [5, 5.41) is 22.7. The molecule has 5 rings (SSSR count). The van der Waals surface area contributed by atoms with Gasteiger partial charge in [-0.15, -0.1) is 0 Å². The van der Waals surface area contributed by atoms with E-state index in [2.05, 4.69) is 4.90 Å². The summed E-state index contributed by atoms with van der Waals surface area (Å²) in [6.45, 7) is 5.54. The number of aryl methyl sites for hydroxylation is 1. The van der Waals surface area contributed by atoms with Crippen molar-refractivity contribution in [1.29, 1.82) is 0 Å². The molecule has 2 heterocycles. The third-order valence-electron chi connectivity index (χ3n) is 7.42. The number of aliphatic hydroxyl groups excluding tert-OH is 1. The van der Waals surface area contributed by atoms with Crippen molar-refractivity contribution in [3.8, 4) is 5.75 Å². The average Bonchev–Trinajstić information content (AvgIpc) is 3.25. The molecular formula is C31H31N3O7. The minimum atomic E-state index is -0.898. The summed E-state index contributed by atoms with van der Waals surface area (Å²) in [6.07, 6.45) is 0. The molecule has 3 aromatic rings. The van der Waals surface area contributed by atoms with Crippen LogP contribution in [0.25, 0.3) is 5.76 Å². The van der Waals surface area contributed by atoms with Crippen LogP contribution in [0, 0.1) is 17.0 Å². The first-order chi connectivity index (χ1) is 19.8. The van der Waals surface area contributed by atoms with E-state index in [4.69, 9.17) is 9.47 Å². The predicted molar refractivity (Wildman–Crippen MR) is 151 cm³/mol. The van der Waals surface area contributed by atoms with Gasteiger partial charge in [0.25, 0.3) is 17.4 Å². The first-order valence-corrected chi connectivity index (χ1v) is 13.4. The van der Waals surface area contributed by atoms with E-state index in [1.165, 1.54) is 29.2 Å². The van der Waals surface area contributed by atoms with Gasteiger partial charge in [0.2, 0.25) is 0 Å². The first kappa shape index (κ1) is 28.0. The fraction of sp³-hybridized carbons (Fsp3) is 0.290. The third-order valence-corrected chi connectivity index (χ3v) is 7.42. The van der Waals surface area contributed by atoms with Gasteiger partial charge in [-0.25, -0.2) is 0 Å². The Kier molecular flexibility index (Phi) is 8.42. The second-order valence-electron chi connectivity index (χ2n) is 10.0. The lowest BCUT2D eigenvalue weighted by Crippen LogP contribution is -2.42. The summed E-state index contributed by atoms with van der Waals surface area (Å²) in [5.74, 6) is -1.21. The highest BCUT2D eigenvalue weighted by Crippen LogP contribution is 2.40. The molecule has 1 atom stereocenters. The molecule has 1 amide bonds. The van der Waals surface area contributed by atoms with Gasteiger partial charge in [-0.05, 0) is 53.9 Å². The number of hydrogen-bond donors (Lipinski definition) is 1. The highest BCUT2D eigenvalue weighted by Gasteiger charge is 2.46. The number of amides is 1. The highest BCUT2D eigenvalue weighted by molar-refractivity contribution is 6.46. The quantitative estimate of drug-likeness (QED) is 0.136. The highest BCUT2D eigenvalue weighted by atomic mass is 16.6. The minimum Gasteiger partial charge on any atom is -0.507 e. The number of rotatable bonds is 9. The molecule has 212 valence electrons. The molecule has 0 radical (unpaired) electrons. The minimum absolute atomic E-state index is 0.0492. The summed E-state index contributed by atoms with van der Waals surface area (Å²) in [4.78, 5) is 41.0. The van der Waals surface area contributed by atoms with Crippen LogP contribution in [-0.4, -0.2) is 70.9 Å². The summed E-state index contributed by atoms with van der Waals surface area (Å²) >= 11 is 0. The summed E-state index contributed by atoms with van der Waals surface area (Å²) < 4.78 is 11.3. The molecule has 0 spiro atoms. The van der Waals surface area contributed by atoms with Gasteiger partial charge in [0.1, 0.15) is 18.1 Å². The number of aliphatic hydroxyl groups is 1. The van der Waals surface area contributed by atoms with Gasteiger partial charge in [-0.1, -0.05) is 30.3 Å². The molecule has 1 N–H and O–H groups in total. The molecule has 2 aliphatic rings. The molecular weight excluding hydrogens is 526 g/mol. The molecule has 2 saturated heterocycles. The second kappa shape index (κ2) is 12.3. The fourth-order valence-electron chi connectivity index (χ4n) is 5.19. The van der Waals surface area contributed by atoms with Gasteiger partial charge in [-0.2, -0.15) is 0 Å². The van der Waals surface area contributed by atoms with Crippen molar-refractivity contribution in [2.45, 2.75) is 19.6 Å². The molecule has 10 nitrogen and oxygen atoms in total. The number of nitro groups is 1. The monoisotopic (exact) mass is 557 g/mol. The van der Waals surface area contributed by atoms with Gasteiger partial charge in [-0.3, -0.25) is 24.6 Å². The molecule has 10 heteroatoms. The maximum Gasteiger partial charge on any atom is 0.295 e. The SMILES string of the molecule is Cc1cc(OCc2ccccc2)ccc1/C(O)=C1\C(=O)C(=O)N(CCN2CCOCC2)C1c1ccc([N+](=O)[O-])cc1. The van der Waals surface area contributed by atoms with Crippen LogP contribution in [0.15, 0.2) is 78.4 Å². The Bertz CT molecular complexity index is 1460. The topological polar surface area (TPSA) is 122 Å². The van der Waals surface area contributed by atoms with Crippen LogP contribution in [0.3, 0.4) is 0 Å². The number of non-ortho nitro benzene ring substituents is 1. The van der Waals surface area contributed by atoms with Crippen molar-refractivity contribution < 1.29 is 29.1 Å². The number of carbonyl (C=O) groups excluding carboxylic acids is 2. The number of Topliss-reactive ketones (excluding diaryl/α,β-unsaturated/α-hetero) is 1. The van der Waals surface area contributed by atoms with Crippen molar-refractivity contribution in [2.24, 2.45) is 0 Å². The van der Waals surface area contributed by atoms with E-state index in [0.29, 0.717) is 61.9 Å². The maximum absolute atomic E-state index is 13.4. The van der Waals surface area contributed by atoms with Gasteiger partial charge in [0.05, 0.1) is 29.8 Å². The Hall–Kier alpha value is -4.54. The smallest absolute Gasteiger partial charge is 0.295 e. The lowest BCUT2D eigenvalue weighted by Gasteiger charge is -2.31. The van der Waals surface area contributed by atoms with Crippen molar-refractivity contribution in [1.82, 2.24) is 9.80 Å². The lowest BCUT2D eigenvalue weighted by atomic mass is 9.93. The van der Waals surface area contributed by atoms with Crippen molar-refractivity contribution in [3.63, 3.8) is 0 Å². The van der Waals surface area contributed by atoms with Gasteiger partial charge in [0, 0.05) is 43.9 Å². The zero-order valence-corrected chi connectivity index (χ0v) is 22.7. The van der Waals surface area contributed by atoms with E-state index in [1.807, 2.05) is 30.3 Å². The van der Waals surface area contributed by atoms with Crippen LogP contribution in [0.1, 0.15) is 28.3 Å². The van der Waals surface area contributed by atoms with E-state index in [1.54, 1.807) is 25.1 Å². The molecule has 0 aromatic heterocycles. The molecule has 3 aromatic carbocycles. The van der Waals surface area contributed by atoms with Crippen LogP contribution in [0.2, 0.25) is 0 Å². The standard InChI is InChI=1S/C31H31N3O7/c1-21-19-25(41-20-22-5-3-2-4-6-22)11-12-26(21)29(35)27-28(23-7-9-24(10-8-23)34(38)39)33(31(37)30(27)36)14-13-32-15-17-40-18-16-32/h2-12,19,28,35H,13-18,20H2,1H3/b29-27+. The number of benzene rings is 3. The van der Waals surface area contributed by atoms with E-state index >= 15 is 0 Å². The van der Waals surface area contributed by atoms with Gasteiger partial charge < -0.3 is 19.5 Å². The van der Waals surface area contributed by atoms with Crippen molar-refractivity contribution >= 4 is 23.1 Å². The number of nitro benzene ring substituents is 1. The number of ketones is 1. The van der Waals surface area contributed by atoms with Crippen molar-refractivity contribution in [2.75, 3.05) is 39.4 Å². The molecule has 2 fully saturated rings. The number of nitrogens with zero attached hydrogens (tertiary/aromatic N) is 3. The number of carbonyl (C=O) groups is 2. The number of morpholine rings is 1. The zero-order valence-electron chi connectivity index (χ0n) is 22.7. The van der Waals surface area contributed by atoms with Crippen LogP contribution >= 0.6 is 0 Å². The average molecular weight is 558 g/mol. The normalized spacial score (nSPS) is 19.0. The molecule has 0 bridgehead atoms. The number of hydrogen-bond acceptors (Lipinski definition) is 8.